The third-order valence-electron chi connectivity index (χ3n) is 8.08. The lowest BCUT2D eigenvalue weighted by Gasteiger charge is -2.34. The number of hydrogen-bond acceptors (Lipinski definition) is 13. The molecule has 1 N–H and O–H groups in total. The largest absolute Gasteiger partial charge is 0.453 e. The molecule has 0 bridgehead atoms. The number of alkyl halides is 3. The molecule has 274 valence electrons. The van der Waals surface area contributed by atoms with E-state index in [4.69, 9.17) is 4.74 Å². The Hall–Kier alpha value is -5.71. The van der Waals surface area contributed by atoms with Gasteiger partial charge in [0, 0.05) is 38.3 Å². The van der Waals surface area contributed by atoms with Gasteiger partial charge >= 0.3 is 17.1 Å². The van der Waals surface area contributed by atoms with Gasteiger partial charge < -0.3 is 20.2 Å². The topological polar surface area (TPSA) is 181 Å². The number of benzene rings is 3. The highest BCUT2D eigenvalue weighted by atomic mass is 32.2. The van der Waals surface area contributed by atoms with Gasteiger partial charge in [0.05, 0.1) is 32.7 Å². The van der Waals surface area contributed by atoms with E-state index in [0.717, 1.165) is 17.8 Å². The number of nitrogens with zero attached hydrogens (tertiary/aromatic N) is 7. The highest BCUT2D eigenvalue weighted by Gasteiger charge is 2.36. The molecule has 0 aliphatic carbocycles. The van der Waals surface area contributed by atoms with Crippen LogP contribution in [0, 0.1) is 16.5 Å². The normalized spacial score (nSPS) is 13.7. The Morgan fingerprint density at radius 3 is 2.34 bits per heavy atom. The first-order chi connectivity index (χ1) is 25.5. The molecule has 1 aliphatic heterocycles. The third kappa shape index (κ3) is 8.51. The molecule has 2 aromatic heterocycles. The second kappa shape index (κ2) is 15.9. The van der Waals surface area contributed by atoms with Gasteiger partial charge in [0.2, 0.25) is 5.91 Å². The van der Waals surface area contributed by atoms with Crippen LogP contribution < -0.4 is 15.0 Å². The van der Waals surface area contributed by atoms with Crippen LogP contribution in [0.4, 0.5) is 24.7 Å². The van der Waals surface area contributed by atoms with Crippen molar-refractivity contribution >= 4 is 39.0 Å². The van der Waals surface area contributed by atoms with E-state index < -0.39 is 32.5 Å². The summed E-state index contributed by atoms with van der Waals surface area (Å²) in [5.74, 6) is -0.903. The van der Waals surface area contributed by atoms with Crippen LogP contribution in [-0.4, -0.2) is 84.3 Å². The molecule has 6 rings (SSSR count). The molecule has 14 nitrogen and oxygen atoms in total. The molecule has 3 heterocycles. The maximum atomic E-state index is 13.8. The van der Waals surface area contributed by atoms with Crippen molar-refractivity contribution in [1.82, 2.24) is 24.9 Å². The second-order valence-electron chi connectivity index (χ2n) is 11.4. The summed E-state index contributed by atoms with van der Waals surface area (Å²) in [7, 11) is -4.26. The molecule has 1 aliphatic rings. The summed E-state index contributed by atoms with van der Waals surface area (Å²) in [6.07, 6.45) is -4.67. The molecule has 0 radical (unpaired) electrons. The van der Waals surface area contributed by atoms with E-state index in [1.165, 1.54) is 42.5 Å². The van der Waals surface area contributed by atoms with E-state index >= 15 is 0 Å². The van der Waals surface area contributed by atoms with Gasteiger partial charge in [-0.05, 0) is 29.2 Å². The van der Waals surface area contributed by atoms with Gasteiger partial charge in [-0.25, -0.2) is 18.4 Å². The molecule has 0 unspecified atom stereocenters. The smallest absolute Gasteiger partial charge is 0.418 e. The highest BCUT2D eigenvalue weighted by molar-refractivity contribution is 7.99. The predicted octanol–water partition coefficient (Wildman–Crippen LogP) is 4.55. The van der Waals surface area contributed by atoms with E-state index in [9.17, 15) is 36.9 Å². The number of para-hydroxylation sites is 1. The summed E-state index contributed by atoms with van der Waals surface area (Å²) in [6.45, 7) is 1.98. The summed E-state index contributed by atoms with van der Waals surface area (Å²) in [5, 5.41) is 27.7. The number of sulfone groups is 1. The van der Waals surface area contributed by atoms with Crippen molar-refractivity contribution in [2.75, 3.05) is 50.4 Å². The number of anilines is 2. The fourth-order valence-electron chi connectivity index (χ4n) is 5.42. The number of halogens is 3. The number of hydrogen-bond donors (Lipinski definition) is 1. The monoisotopic (exact) mass is 766 g/mol. The zero-order chi connectivity index (χ0) is 37.6. The van der Waals surface area contributed by atoms with Crippen LogP contribution in [0.15, 0.2) is 105 Å². The van der Waals surface area contributed by atoms with Gasteiger partial charge in [-0.1, -0.05) is 72.4 Å². The van der Waals surface area contributed by atoms with E-state index in [1.807, 2.05) is 11.0 Å². The summed E-state index contributed by atoms with van der Waals surface area (Å²) < 4.78 is 77.3. The number of nitriles is 1. The summed E-state index contributed by atoms with van der Waals surface area (Å²) in [6, 6.07) is 22.8. The molecule has 1 amide bonds. The summed E-state index contributed by atoms with van der Waals surface area (Å²) in [4.78, 5) is 25.4. The van der Waals surface area contributed by atoms with Gasteiger partial charge in [-0.15, -0.1) is 0 Å². The summed E-state index contributed by atoms with van der Waals surface area (Å²) >= 11 is 0.989. The number of carbonyl (C=O) groups excluding carboxylic acids is 1. The molecule has 0 saturated carbocycles. The highest BCUT2D eigenvalue weighted by Crippen LogP contribution is 2.37. The zero-order valence-corrected chi connectivity index (χ0v) is 29.2. The van der Waals surface area contributed by atoms with Gasteiger partial charge in [-0.3, -0.25) is 14.3 Å². The number of rotatable bonds is 12. The van der Waals surface area contributed by atoms with E-state index in [1.54, 1.807) is 41.3 Å². The second-order valence-corrected chi connectivity index (χ2v) is 14.2. The van der Waals surface area contributed by atoms with Gasteiger partial charge in [-0.2, -0.15) is 18.4 Å². The average molecular weight is 767 g/mol. The molecule has 1 fully saturated rings. The van der Waals surface area contributed by atoms with Crippen LogP contribution in [0.3, 0.4) is 0 Å². The van der Waals surface area contributed by atoms with E-state index in [2.05, 4.69) is 25.1 Å². The lowest BCUT2D eigenvalue weighted by atomic mass is 10.1. The van der Waals surface area contributed by atoms with E-state index in [0.29, 0.717) is 38.3 Å². The van der Waals surface area contributed by atoms with Crippen LogP contribution in [0.1, 0.15) is 11.1 Å². The van der Waals surface area contributed by atoms with Gasteiger partial charge in [0.1, 0.15) is 18.2 Å². The zero-order valence-electron chi connectivity index (χ0n) is 27.6. The van der Waals surface area contributed by atoms with Crippen molar-refractivity contribution in [2.24, 2.45) is 0 Å². The van der Waals surface area contributed by atoms with Gasteiger partial charge in [0.15, 0.2) is 11.0 Å². The Kier molecular flexibility index (Phi) is 11.1. The molecule has 0 atom stereocenters. The maximum Gasteiger partial charge on any atom is 0.418 e. The minimum absolute atomic E-state index is 0.0166. The lowest BCUT2D eigenvalue weighted by Crippen LogP contribution is -2.50. The number of amides is 1. The Labute approximate surface area is 305 Å². The summed E-state index contributed by atoms with van der Waals surface area (Å²) in [5.41, 5.74) is -0.558. The van der Waals surface area contributed by atoms with Crippen LogP contribution in [0.25, 0.3) is 11.3 Å². The lowest BCUT2D eigenvalue weighted by molar-refractivity contribution is -0.832. The first-order valence-corrected chi connectivity index (χ1v) is 18.4. The number of carbonyl (C=O) groups is 1. The van der Waals surface area contributed by atoms with Crippen molar-refractivity contribution in [1.29, 1.82) is 5.26 Å². The molecular formula is C34H29F3N8O6S2. The molecule has 5 aromatic rings. The average Bonchev–Trinajstić information content (AvgIpc) is 3.55. The fraction of sp³-hybridized carbons (Fsp3) is 0.235. The van der Waals surface area contributed by atoms with Crippen LogP contribution >= 0.6 is 11.8 Å². The Morgan fingerprint density at radius 2 is 1.66 bits per heavy atom. The van der Waals surface area contributed by atoms with Crippen molar-refractivity contribution in [2.45, 2.75) is 21.3 Å². The number of thioether (sulfide) groups is 1. The van der Waals surface area contributed by atoms with Crippen molar-refractivity contribution < 1.29 is 40.7 Å². The quantitative estimate of drug-likeness (QED) is 0.106. The number of aromatic nitrogens is 4. The first-order valence-electron chi connectivity index (χ1n) is 15.9. The predicted molar refractivity (Wildman–Crippen MR) is 184 cm³/mol. The van der Waals surface area contributed by atoms with Crippen molar-refractivity contribution in [3.8, 4) is 23.2 Å². The van der Waals surface area contributed by atoms with Crippen LogP contribution in [-0.2, 0) is 20.8 Å². The van der Waals surface area contributed by atoms with Gasteiger partial charge in [0.25, 0.3) is 9.84 Å². The number of piperazine rings is 1. The number of nitrogens with one attached hydrogen (secondary N) is 1. The third-order valence-corrected chi connectivity index (χ3v) is 10.6. The minimum Gasteiger partial charge on any atom is -0.453 e. The SMILES string of the molecule is N#Cc1c(Nc2ccccc2C(F)(F)F)nc(SCC(=O)N2CCN(CCOc3no[n+]([O-])c3S(=O)(=O)c3ccccc3)CC2)nc1-c1ccccc1. The van der Waals surface area contributed by atoms with Crippen molar-refractivity contribution in [3.05, 3.63) is 101 Å². The molecule has 3 aromatic carbocycles. The molecule has 53 heavy (non-hydrogen) atoms. The molecular weight excluding hydrogens is 738 g/mol. The Bertz CT molecular complexity index is 2230. The van der Waals surface area contributed by atoms with Crippen LogP contribution in [0.2, 0.25) is 0 Å². The van der Waals surface area contributed by atoms with Crippen LogP contribution in [0.5, 0.6) is 5.88 Å². The van der Waals surface area contributed by atoms with Crippen molar-refractivity contribution in [3.63, 3.8) is 0 Å². The number of ether oxygens (including phenoxy) is 1. The Morgan fingerprint density at radius 1 is 1.00 bits per heavy atom. The maximum absolute atomic E-state index is 13.8. The minimum atomic E-state index is -4.67. The first kappa shape index (κ1) is 37.1. The standard InChI is InChI=1S/C34H29F3N8O6S2/c35-34(36,37)26-13-7-8-14-27(26)39-30-25(21-38)29(23-9-3-1-4-10-23)40-33(41-30)52-22-28(46)44-17-15-43(16-18-44)19-20-50-31-32(45(47)51-42-31)53(48,49)24-11-5-2-6-12-24/h1-14H,15-20,22H2,(H,39,40,41). The fourth-order valence-corrected chi connectivity index (χ4v) is 7.46. The molecule has 0 spiro atoms. The molecule has 19 heteroatoms. The van der Waals surface area contributed by atoms with E-state index in [-0.39, 0.29) is 56.0 Å². The molecule has 1 saturated heterocycles. The Balaban J connectivity index is 1.08.